The number of thiazole rings is 1. The van der Waals surface area contributed by atoms with Crippen molar-refractivity contribution in [3.63, 3.8) is 0 Å². The molecule has 2 atom stereocenters. The lowest BCUT2D eigenvalue weighted by molar-refractivity contribution is -0.150. The first-order valence-corrected chi connectivity index (χ1v) is 13.5. The number of amides is 2. The van der Waals surface area contributed by atoms with Crippen molar-refractivity contribution in [1.29, 1.82) is 0 Å². The average Bonchev–Trinajstić information content (AvgIpc) is 3.52. The number of fused-ring (bicyclic) bond motifs is 2. The number of carbonyl (C=O) groups is 3. The Morgan fingerprint density at radius 3 is 2.92 bits per heavy atom. The Morgan fingerprint density at radius 2 is 2.22 bits per heavy atom. The molecule has 0 aromatic carbocycles. The molecule has 2 amide bonds. The molecule has 0 spiro atoms. The lowest BCUT2D eigenvalue weighted by Crippen LogP contribution is -2.71. The molecule has 4 N–H and O–H groups in total. The summed E-state index contributed by atoms with van der Waals surface area (Å²) in [5.41, 5.74) is 7.58. The first-order chi connectivity index (χ1) is 17.8. The number of oxime groups is 1. The van der Waals surface area contributed by atoms with Gasteiger partial charge >= 0.3 is 5.97 Å². The van der Waals surface area contributed by atoms with Crippen molar-refractivity contribution in [3.8, 4) is 0 Å². The minimum atomic E-state index is -1.21. The van der Waals surface area contributed by atoms with Crippen LogP contribution in [0.4, 0.5) is 5.13 Å². The normalized spacial score (nSPS) is 19.6. The Hall–Kier alpha value is -3.70. The molecule has 192 valence electrons. The standard InChI is InChI=1S/C20H19N9O5S3/c1-8-3-12(29-11(23-8)4-22-27-29)35-5-9-6-36-18-14(17(31)28(18)15(9)19(32)33)25-16(30)13(26-34-2)10-7-37-20(21)24-10/h3-4,7,14,18H,5-6H2,1-2H3,(H2,21,24)(H,25,30)(H,32,33)/b26-13-/t14-,18-/m1/s1. The van der Waals surface area contributed by atoms with Crippen molar-refractivity contribution in [1.82, 2.24) is 35.0 Å². The fraction of sp³-hybridized carbons (Fsp3) is 0.300. The van der Waals surface area contributed by atoms with Gasteiger partial charge in [-0.3, -0.25) is 14.5 Å². The van der Waals surface area contributed by atoms with E-state index in [1.165, 1.54) is 35.5 Å². The number of hydrogen-bond acceptors (Lipinski definition) is 13. The van der Waals surface area contributed by atoms with Crippen LogP contribution in [-0.4, -0.2) is 88.3 Å². The number of hydrogen-bond donors (Lipinski definition) is 3. The monoisotopic (exact) mass is 561 g/mol. The van der Waals surface area contributed by atoms with E-state index in [0.29, 0.717) is 22.7 Å². The largest absolute Gasteiger partial charge is 0.477 e. The molecule has 0 bridgehead atoms. The number of nitrogen functional groups attached to an aromatic ring is 1. The zero-order valence-corrected chi connectivity index (χ0v) is 21.8. The number of aromatic nitrogens is 5. The van der Waals surface area contributed by atoms with Gasteiger partial charge in [0.2, 0.25) is 0 Å². The number of carboxylic acid groups (broad SMARTS) is 1. The Balaban J connectivity index is 1.33. The molecular formula is C20H19N9O5S3. The molecule has 3 aromatic rings. The van der Waals surface area contributed by atoms with E-state index in [9.17, 15) is 19.5 Å². The summed E-state index contributed by atoms with van der Waals surface area (Å²) in [6.45, 7) is 1.85. The molecule has 3 aromatic heterocycles. The molecule has 0 aliphatic carbocycles. The first kappa shape index (κ1) is 25.0. The van der Waals surface area contributed by atoms with Gasteiger partial charge in [0.1, 0.15) is 34.9 Å². The average molecular weight is 562 g/mol. The number of carbonyl (C=O) groups excluding carboxylic acids is 2. The lowest BCUT2D eigenvalue weighted by atomic mass is 10.0. The van der Waals surface area contributed by atoms with Crippen molar-refractivity contribution in [2.75, 3.05) is 24.3 Å². The molecular weight excluding hydrogens is 542 g/mol. The van der Waals surface area contributed by atoms with E-state index in [1.54, 1.807) is 16.1 Å². The molecule has 5 rings (SSSR count). The summed E-state index contributed by atoms with van der Waals surface area (Å²) >= 11 is 3.87. The number of aryl methyl sites for hydroxylation is 1. The molecule has 0 radical (unpaired) electrons. The zero-order chi connectivity index (χ0) is 26.3. The maximum absolute atomic E-state index is 13.0. The van der Waals surface area contributed by atoms with Crippen LogP contribution in [0.2, 0.25) is 0 Å². The van der Waals surface area contributed by atoms with Crippen LogP contribution in [0.5, 0.6) is 0 Å². The predicted molar refractivity (Wildman–Crippen MR) is 136 cm³/mol. The van der Waals surface area contributed by atoms with E-state index in [1.807, 2.05) is 13.0 Å². The highest BCUT2D eigenvalue weighted by Gasteiger charge is 2.54. The first-order valence-electron chi connectivity index (χ1n) is 10.6. The third kappa shape index (κ3) is 4.60. The Kier molecular flexibility index (Phi) is 6.74. The molecule has 1 saturated heterocycles. The minimum Gasteiger partial charge on any atom is -0.477 e. The van der Waals surface area contributed by atoms with Gasteiger partial charge in [0.05, 0.1) is 6.20 Å². The lowest BCUT2D eigenvalue weighted by Gasteiger charge is -2.49. The van der Waals surface area contributed by atoms with Crippen molar-refractivity contribution in [2.24, 2.45) is 5.16 Å². The second kappa shape index (κ2) is 9.98. The number of nitrogens with one attached hydrogen (secondary N) is 1. The van der Waals surface area contributed by atoms with Gasteiger partial charge in [-0.1, -0.05) is 10.4 Å². The third-order valence-corrected chi connectivity index (χ3v) is 8.55. The summed E-state index contributed by atoms with van der Waals surface area (Å²) in [6, 6.07) is 0.901. The summed E-state index contributed by atoms with van der Waals surface area (Å²) in [6.07, 6.45) is 1.54. The smallest absolute Gasteiger partial charge is 0.352 e. The van der Waals surface area contributed by atoms with Crippen molar-refractivity contribution < 1.29 is 24.3 Å². The number of carboxylic acids is 1. The fourth-order valence-electron chi connectivity index (χ4n) is 3.88. The summed E-state index contributed by atoms with van der Waals surface area (Å²) in [7, 11) is 1.28. The highest BCUT2D eigenvalue weighted by molar-refractivity contribution is 8.01. The van der Waals surface area contributed by atoms with Crippen LogP contribution >= 0.6 is 34.9 Å². The maximum Gasteiger partial charge on any atom is 0.352 e. The fourth-order valence-corrected chi connectivity index (χ4v) is 6.97. The van der Waals surface area contributed by atoms with E-state index in [2.05, 4.69) is 30.8 Å². The molecule has 0 saturated carbocycles. The number of rotatable bonds is 8. The van der Waals surface area contributed by atoms with Crippen molar-refractivity contribution >= 4 is 69.1 Å². The molecule has 14 nitrogen and oxygen atoms in total. The molecule has 37 heavy (non-hydrogen) atoms. The van der Waals surface area contributed by atoms with Gasteiger partial charge in [-0.15, -0.1) is 40.0 Å². The van der Waals surface area contributed by atoms with E-state index < -0.39 is 29.2 Å². The van der Waals surface area contributed by atoms with Crippen molar-refractivity contribution in [2.45, 2.75) is 23.4 Å². The van der Waals surface area contributed by atoms with Crippen LogP contribution in [0, 0.1) is 6.92 Å². The summed E-state index contributed by atoms with van der Waals surface area (Å²) in [5, 5.41) is 26.2. The second-order valence-corrected chi connectivity index (χ2v) is 10.8. The van der Waals surface area contributed by atoms with Gasteiger partial charge in [-0.05, 0) is 18.6 Å². The highest BCUT2D eigenvalue weighted by atomic mass is 32.2. The topological polar surface area (TPSA) is 190 Å². The number of nitrogens with zero attached hydrogens (tertiary/aromatic N) is 7. The van der Waals surface area contributed by atoms with Crippen LogP contribution in [0.25, 0.3) is 5.65 Å². The molecule has 17 heteroatoms. The zero-order valence-electron chi connectivity index (χ0n) is 19.3. The van der Waals surface area contributed by atoms with Crippen LogP contribution in [0.1, 0.15) is 11.4 Å². The van der Waals surface area contributed by atoms with E-state index >= 15 is 0 Å². The molecule has 1 fully saturated rings. The van der Waals surface area contributed by atoms with E-state index in [4.69, 9.17) is 10.6 Å². The maximum atomic E-state index is 13.0. The number of nitrogens with two attached hydrogens (primary N) is 1. The van der Waals surface area contributed by atoms with Crippen LogP contribution in [0.3, 0.4) is 0 Å². The van der Waals surface area contributed by atoms with E-state index in [0.717, 1.165) is 22.1 Å². The summed E-state index contributed by atoms with van der Waals surface area (Å²) < 4.78 is 1.58. The molecule has 2 aliphatic heterocycles. The van der Waals surface area contributed by atoms with Gasteiger partial charge in [0, 0.05) is 22.6 Å². The second-order valence-electron chi connectivity index (χ2n) is 7.84. The van der Waals surface area contributed by atoms with Gasteiger partial charge in [-0.2, -0.15) is 4.52 Å². The van der Waals surface area contributed by atoms with E-state index in [-0.39, 0.29) is 22.2 Å². The minimum absolute atomic E-state index is 0.0783. The van der Waals surface area contributed by atoms with Crippen LogP contribution in [-0.2, 0) is 19.2 Å². The van der Waals surface area contributed by atoms with Gasteiger partial charge in [0.15, 0.2) is 16.5 Å². The molecule has 5 heterocycles. The third-order valence-electron chi connectivity index (χ3n) is 5.46. The number of anilines is 1. The number of β-lactam (4-membered cyclic amide) rings is 1. The molecule has 0 unspecified atom stereocenters. The number of thioether (sulfide) groups is 2. The Bertz CT molecular complexity index is 1480. The van der Waals surface area contributed by atoms with Gasteiger partial charge < -0.3 is 21.0 Å². The number of aliphatic carboxylic acids is 1. The van der Waals surface area contributed by atoms with Crippen LogP contribution in [0.15, 0.2) is 39.1 Å². The predicted octanol–water partition coefficient (Wildman–Crippen LogP) is 0.353. The SMILES string of the molecule is CO/N=C(\C(=O)N[C@@H]1C(=O)N2C(C(=O)O)=C(CSc3cc(C)nc4cnnn34)CS[C@H]12)c1csc(N)n1. The Morgan fingerprint density at radius 1 is 1.41 bits per heavy atom. The van der Waals surface area contributed by atoms with Crippen molar-refractivity contribution in [3.05, 3.63) is 40.3 Å². The summed E-state index contributed by atoms with van der Waals surface area (Å²) in [5.74, 6) is -1.75. The van der Waals surface area contributed by atoms with Crippen LogP contribution < -0.4 is 11.1 Å². The quantitative estimate of drug-likeness (QED) is 0.113. The Labute approximate surface area is 221 Å². The van der Waals surface area contributed by atoms with Gasteiger partial charge in [0.25, 0.3) is 11.8 Å². The highest BCUT2D eigenvalue weighted by Crippen LogP contribution is 2.41. The van der Waals surface area contributed by atoms with Gasteiger partial charge in [-0.25, -0.2) is 14.8 Å². The summed E-state index contributed by atoms with van der Waals surface area (Å²) in [4.78, 5) is 52.5. The molecule has 2 aliphatic rings.